The minimum atomic E-state index is -0.651. The molecule has 4 rings (SSSR count). The molecular weight excluding hydrogens is 454 g/mol. The average Bonchev–Trinajstić information content (AvgIpc) is 2.84. The van der Waals surface area contributed by atoms with Gasteiger partial charge in [-0.2, -0.15) is 0 Å². The number of likely N-dealkylation sites (tertiary alicyclic amines) is 1. The summed E-state index contributed by atoms with van der Waals surface area (Å²) in [5.41, 5.74) is 3.01. The zero-order chi connectivity index (χ0) is 25.7. The average molecular weight is 498 g/mol. The molecular formula is C29H43N3O4. The van der Waals surface area contributed by atoms with Gasteiger partial charge in [-0.25, -0.2) is 4.79 Å². The summed E-state index contributed by atoms with van der Waals surface area (Å²) in [5.74, 6) is 0.647. The molecule has 36 heavy (non-hydrogen) atoms. The summed E-state index contributed by atoms with van der Waals surface area (Å²) in [6, 6.07) is 6.20. The molecule has 0 unspecified atom stereocenters. The van der Waals surface area contributed by atoms with Gasteiger partial charge in [-0.1, -0.05) is 38.2 Å². The lowest BCUT2D eigenvalue weighted by Gasteiger charge is -2.58. The van der Waals surface area contributed by atoms with Crippen LogP contribution in [-0.4, -0.2) is 54.9 Å². The molecule has 2 amide bonds. The van der Waals surface area contributed by atoms with E-state index in [0.29, 0.717) is 30.7 Å². The molecule has 1 aromatic carbocycles. The Morgan fingerprint density at radius 3 is 2.67 bits per heavy atom. The van der Waals surface area contributed by atoms with Crippen molar-refractivity contribution in [1.82, 2.24) is 15.5 Å². The Balaban J connectivity index is 1.40. The van der Waals surface area contributed by atoms with Crippen molar-refractivity contribution in [3.8, 4) is 5.75 Å². The molecule has 1 aliphatic heterocycles. The van der Waals surface area contributed by atoms with E-state index in [2.05, 4.69) is 34.7 Å². The number of likely N-dealkylation sites (N-methyl/N-ethyl adjacent to an activating group) is 1. The highest BCUT2D eigenvalue weighted by Crippen LogP contribution is 2.55. The highest BCUT2D eigenvalue weighted by molar-refractivity contribution is 5.84. The summed E-state index contributed by atoms with van der Waals surface area (Å²) >= 11 is 0. The number of nitrogens with zero attached hydrogens (tertiary/aromatic N) is 1. The van der Waals surface area contributed by atoms with E-state index < -0.39 is 12.0 Å². The van der Waals surface area contributed by atoms with Crippen LogP contribution >= 0.6 is 0 Å². The molecule has 2 N–H and O–H groups in total. The number of fused-ring (bicyclic) bond motifs is 1. The molecule has 1 saturated carbocycles. The number of piperidine rings is 1. The van der Waals surface area contributed by atoms with Gasteiger partial charge < -0.3 is 20.3 Å². The van der Waals surface area contributed by atoms with Crippen molar-refractivity contribution < 1.29 is 19.1 Å². The highest BCUT2D eigenvalue weighted by Gasteiger charge is 2.53. The maximum absolute atomic E-state index is 13.1. The summed E-state index contributed by atoms with van der Waals surface area (Å²) < 4.78 is 5.89. The third-order valence-electron chi connectivity index (χ3n) is 8.76. The number of rotatable bonds is 10. The fourth-order valence-corrected chi connectivity index (χ4v) is 7.01. The largest absolute Gasteiger partial charge is 0.425 e. The molecule has 3 aliphatic rings. The Morgan fingerprint density at radius 1 is 1.08 bits per heavy atom. The number of ether oxygens (including phenoxy) is 1. The van der Waals surface area contributed by atoms with Crippen molar-refractivity contribution in [2.75, 3.05) is 20.1 Å². The van der Waals surface area contributed by atoms with E-state index in [9.17, 15) is 14.4 Å². The summed E-state index contributed by atoms with van der Waals surface area (Å²) in [6.45, 7) is 4.75. The van der Waals surface area contributed by atoms with E-state index in [-0.39, 0.29) is 17.2 Å². The van der Waals surface area contributed by atoms with Crippen LogP contribution in [0.4, 0.5) is 0 Å². The maximum Gasteiger partial charge on any atom is 0.334 e. The Hall–Kier alpha value is -2.41. The van der Waals surface area contributed by atoms with Crippen molar-refractivity contribution in [3.05, 3.63) is 29.3 Å². The normalized spacial score (nSPS) is 25.8. The zero-order valence-corrected chi connectivity index (χ0v) is 22.2. The topological polar surface area (TPSA) is 87.7 Å². The molecule has 1 aromatic rings. The number of hydrogen-bond acceptors (Lipinski definition) is 5. The first-order valence-corrected chi connectivity index (χ1v) is 13.9. The number of hydrogen-bond donors (Lipinski definition) is 2. The molecule has 1 saturated heterocycles. The van der Waals surface area contributed by atoms with Crippen LogP contribution in [0.25, 0.3) is 0 Å². The molecule has 0 radical (unpaired) electrons. The zero-order valence-electron chi connectivity index (χ0n) is 22.2. The quantitative estimate of drug-likeness (QED) is 0.291. The first kappa shape index (κ1) is 26.6. The Labute approximate surface area is 215 Å². The third-order valence-corrected chi connectivity index (χ3v) is 8.76. The molecule has 7 nitrogen and oxygen atoms in total. The molecule has 0 spiro atoms. The fraction of sp³-hybridized carbons (Fsp3) is 0.690. The first-order valence-electron chi connectivity index (χ1n) is 13.9. The van der Waals surface area contributed by atoms with Gasteiger partial charge in [-0.15, -0.1) is 0 Å². The molecule has 2 bridgehead atoms. The molecule has 0 aromatic heterocycles. The first-order chi connectivity index (χ1) is 17.3. The van der Waals surface area contributed by atoms with E-state index in [0.717, 1.165) is 38.6 Å². The van der Waals surface area contributed by atoms with E-state index in [1.165, 1.54) is 57.1 Å². The van der Waals surface area contributed by atoms with Crippen LogP contribution in [0.2, 0.25) is 0 Å². The van der Waals surface area contributed by atoms with Crippen LogP contribution in [0.5, 0.6) is 5.75 Å². The number of nitrogens with one attached hydrogen (secondary N) is 2. The van der Waals surface area contributed by atoms with E-state index in [1.54, 1.807) is 0 Å². The van der Waals surface area contributed by atoms with Crippen LogP contribution in [0, 0.1) is 5.92 Å². The SMILES string of the molecule is CC(=O)NCCCCCC[C@@H](NC(C)=O)C(=O)Oc1ccc2c(c1)[C@]13CCCC[C@@H]1[C@H](C2)N(C)CC3. The molecule has 4 atom stereocenters. The molecule has 2 aliphatic carbocycles. The van der Waals surface area contributed by atoms with Crippen molar-refractivity contribution >= 4 is 17.8 Å². The van der Waals surface area contributed by atoms with Gasteiger partial charge in [-0.3, -0.25) is 9.59 Å². The minimum absolute atomic E-state index is 0.0140. The lowest BCUT2D eigenvalue weighted by molar-refractivity contribution is -0.139. The lowest BCUT2D eigenvalue weighted by atomic mass is 9.52. The fourth-order valence-electron chi connectivity index (χ4n) is 7.01. The summed E-state index contributed by atoms with van der Waals surface area (Å²) in [6.07, 6.45) is 11.5. The van der Waals surface area contributed by atoms with Crippen LogP contribution in [-0.2, 0) is 26.2 Å². The van der Waals surface area contributed by atoms with Crippen molar-refractivity contribution in [1.29, 1.82) is 0 Å². The Bertz CT molecular complexity index is 964. The second-order valence-electron chi connectivity index (χ2n) is 11.2. The predicted molar refractivity (Wildman–Crippen MR) is 140 cm³/mol. The molecule has 198 valence electrons. The van der Waals surface area contributed by atoms with Gasteiger partial charge in [0.05, 0.1) is 0 Å². The highest BCUT2D eigenvalue weighted by atomic mass is 16.5. The summed E-state index contributed by atoms with van der Waals surface area (Å²) in [5, 5.41) is 5.59. The maximum atomic E-state index is 13.1. The standard InChI is InChI=1S/C29H43N3O4/c1-20(33)30-16-9-5-4-6-11-26(31-21(2)34)28(35)36-23-13-12-22-18-27-24-10-7-8-14-29(24,25(22)19-23)15-17-32(27)3/h12-13,19,24,26-27H,4-11,14-18H2,1-3H3,(H,30,33)(H,31,34)/t24-,26-,27+,29+/m1/s1. The summed E-state index contributed by atoms with van der Waals surface area (Å²) in [7, 11) is 2.27. The second kappa shape index (κ2) is 11.8. The number of amides is 2. The number of esters is 1. The van der Waals surface area contributed by atoms with Crippen LogP contribution < -0.4 is 15.4 Å². The van der Waals surface area contributed by atoms with Gasteiger partial charge in [-0.05, 0) is 81.3 Å². The smallest absolute Gasteiger partial charge is 0.334 e. The van der Waals surface area contributed by atoms with Gasteiger partial charge in [0.1, 0.15) is 11.8 Å². The minimum Gasteiger partial charge on any atom is -0.425 e. The Kier molecular flexibility index (Phi) is 8.70. The van der Waals surface area contributed by atoms with E-state index in [1.807, 2.05) is 6.07 Å². The van der Waals surface area contributed by atoms with Crippen molar-refractivity contribution in [2.45, 2.75) is 102 Å². The number of unbranched alkanes of at least 4 members (excludes halogenated alkanes) is 3. The number of carbonyl (C=O) groups is 3. The lowest BCUT2D eigenvalue weighted by Crippen LogP contribution is -2.59. The van der Waals surface area contributed by atoms with Gasteiger partial charge in [0, 0.05) is 31.8 Å². The van der Waals surface area contributed by atoms with E-state index >= 15 is 0 Å². The van der Waals surface area contributed by atoms with E-state index in [4.69, 9.17) is 4.74 Å². The van der Waals surface area contributed by atoms with Gasteiger partial charge >= 0.3 is 5.97 Å². The number of carbonyl (C=O) groups excluding carboxylic acids is 3. The van der Waals surface area contributed by atoms with Gasteiger partial charge in [0.15, 0.2) is 0 Å². The Morgan fingerprint density at radius 2 is 1.89 bits per heavy atom. The summed E-state index contributed by atoms with van der Waals surface area (Å²) in [4.78, 5) is 38.4. The monoisotopic (exact) mass is 497 g/mol. The second-order valence-corrected chi connectivity index (χ2v) is 11.2. The van der Waals surface area contributed by atoms with Crippen molar-refractivity contribution in [2.24, 2.45) is 5.92 Å². The van der Waals surface area contributed by atoms with Gasteiger partial charge in [0.25, 0.3) is 0 Å². The molecule has 2 fully saturated rings. The van der Waals surface area contributed by atoms with Crippen LogP contribution in [0.1, 0.15) is 89.2 Å². The number of benzene rings is 1. The third kappa shape index (κ3) is 5.93. The van der Waals surface area contributed by atoms with Crippen LogP contribution in [0.15, 0.2) is 18.2 Å². The molecule has 7 heteroatoms. The van der Waals surface area contributed by atoms with Gasteiger partial charge in [0.2, 0.25) is 11.8 Å². The van der Waals surface area contributed by atoms with Crippen LogP contribution in [0.3, 0.4) is 0 Å². The van der Waals surface area contributed by atoms with Crippen molar-refractivity contribution in [3.63, 3.8) is 0 Å². The molecule has 1 heterocycles. The predicted octanol–water partition coefficient (Wildman–Crippen LogP) is 3.87.